The Morgan fingerprint density at radius 2 is 2.38 bits per heavy atom. The first-order valence-corrected chi connectivity index (χ1v) is 7.39. The van der Waals surface area contributed by atoms with Crippen molar-refractivity contribution in [3.05, 3.63) is 0 Å². The predicted molar refractivity (Wildman–Crippen MR) is 68.9 cm³/mol. The molecule has 0 bridgehead atoms. The molecule has 0 radical (unpaired) electrons. The van der Waals surface area contributed by atoms with Crippen LogP contribution in [0.15, 0.2) is 0 Å². The third-order valence-electron chi connectivity index (χ3n) is 1.91. The molecule has 1 heterocycles. The number of hydrogen-bond donors (Lipinski definition) is 0. The number of rotatable bonds is 6. The zero-order valence-corrected chi connectivity index (χ0v) is 10.6. The van der Waals surface area contributed by atoms with Crippen molar-refractivity contribution in [3.8, 4) is 0 Å². The van der Waals surface area contributed by atoms with Gasteiger partial charge in [0.2, 0.25) is 0 Å². The highest BCUT2D eigenvalue weighted by atomic mass is 32.2. The average molecular weight is 235 g/mol. The van der Waals surface area contributed by atoms with E-state index in [9.17, 15) is 0 Å². The van der Waals surface area contributed by atoms with Crippen LogP contribution in [0, 0.1) is 0 Å². The normalized spacial score (nSPS) is 17.0. The van der Waals surface area contributed by atoms with Gasteiger partial charge in [-0.25, -0.2) is 0 Å². The van der Waals surface area contributed by atoms with Crippen molar-refractivity contribution in [2.24, 2.45) is 0 Å². The maximum absolute atomic E-state index is 5.22. The average Bonchev–Trinajstić information content (AvgIpc) is 2.52. The first-order valence-electron chi connectivity index (χ1n) is 4.84. The van der Waals surface area contributed by atoms with Crippen molar-refractivity contribution >= 4 is 40.1 Å². The SMILES string of the molecule is CCCSCCCN1CCSC1=S. The van der Waals surface area contributed by atoms with E-state index in [1.807, 2.05) is 11.8 Å². The van der Waals surface area contributed by atoms with Gasteiger partial charge in [0, 0.05) is 18.8 Å². The highest BCUT2D eigenvalue weighted by Crippen LogP contribution is 2.18. The first kappa shape index (κ1) is 11.7. The van der Waals surface area contributed by atoms with Crippen LogP contribution in [0.1, 0.15) is 19.8 Å². The molecule has 0 aromatic heterocycles. The van der Waals surface area contributed by atoms with Crippen molar-refractivity contribution in [1.29, 1.82) is 0 Å². The second-order valence-corrected chi connectivity index (χ2v) is 6.02. The lowest BCUT2D eigenvalue weighted by Gasteiger charge is -2.15. The van der Waals surface area contributed by atoms with Crippen molar-refractivity contribution in [3.63, 3.8) is 0 Å². The molecule has 1 saturated heterocycles. The summed E-state index contributed by atoms with van der Waals surface area (Å²) in [6, 6.07) is 0. The molecule has 0 aromatic carbocycles. The van der Waals surface area contributed by atoms with Gasteiger partial charge in [-0.05, 0) is 24.3 Å². The van der Waals surface area contributed by atoms with Crippen LogP contribution < -0.4 is 0 Å². The van der Waals surface area contributed by atoms with Gasteiger partial charge in [0.15, 0.2) is 0 Å². The summed E-state index contributed by atoms with van der Waals surface area (Å²) in [6.07, 6.45) is 2.58. The Morgan fingerprint density at radius 1 is 1.54 bits per heavy atom. The molecule has 1 nitrogen and oxygen atoms in total. The minimum absolute atomic E-state index is 1.11. The summed E-state index contributed by atoms with van der Waals surface area (Å²) in [6.45, 7) is 4.57. The summed E-state index contributed by atoms with van der Waals surface area (Å²) in [5.74, 6) is 3.79. The summed E-state index contributed by atoms with van der Waals surface area (Å²) < 4.78 is 1.11. The Bertz CT molecular complexity index is 161. The van der Waals surface area contributed by atoms with E-state index in [0.29, 0.717) is 0 Å². The fraction of sp³-hybridized carbons (Fsp3) is 0.889. The van der Waals surface area contributed by atoms with Crippen LogP contribution in [-0.4, -0.2) is 39.6 Å². The molecule has 0 spiro atoms. The zero-order chi connectivity index (χ0) is 9.52. The van der Waals surface area contributed by atoms with Gasteiger partial charge in [0.25, 0.3) is 0 Å². The maximum Gasteiger partial charge on any atom is 0.136 e. The third kappa shape index (κ3) is 4.56. The molecule has 0 aliphatic carbocycles. The Hall–Kier alpha value is 0.590. The second-order valence-electron chi connectivity index (χ2n) is 3.07. The molecule has 76 valence electrons. The molecular weight excluding hydrogens is 218 g/mol. The van der Waals surface area contributed by atoms with E-state index in [4.69, 9.17) is 12.2 Å². The fourth-order valence-corrected chi connectivity index (χ4v) is 3.34. The van der Waals surface area contributed by atoms with Gasteiger partial charge in [0.05, 0.1) is 0 Å². The van der Waals surface area contributed by atoms with Gasteiger partial charge in [-0.15, -0.1) is 0 Å². The van der Waals surface area contributed by atoms with Crippen molar-refractivity contribution in [2.45, 2.75) is 19.8 Å². The first-order chi connectivity index (χ1) is 6.34. The Balaban J connectivity index is 1.96. The second kappa shape index (κ2) is 6.96. The van der Waals surface area contributed by atoms with Crippen LogP contribution in [0.25, 0.3) is 0 Å². The molecule has 0 saturated carbocycles. The zero-order valence-electron chi connectivity index (χ0n) is 8.12. The van der Waals surface area contributed by atoms with Gasteiger partial charge in [-0.3, -0.25) is 0 Å². The van der Waals surface area contributed by atoms with Gasteiger partial charge in [-0.1, -0.05) is 30.9 Å². The van der Waals surface area contributed by atoms with E-state index < -0.39 is 0 Å². The third-order valence-corrected chi connectivity index (χ3v) is 4.69. The molecule has 13 heavy (non-hydrogen) atoms. The molecule has 0 unspecified atom stereocenters. The lowest BCUT2D eigenvalue weighted by atomic mass is 10.4. The van der Waals surface area contributed by atoms with E-state index in [2.05, 4.69) is 23.6 Å². The van der Waals surface area contributed by atoms with Crippen LogP contribution in [0.5, 0.6) is 0 Å². The summed E-state index contributed by atoms with van der Waals surface area (Å²) >= 11 is 9.11. The summed E-state index contributed by atoms with van der Waals surface area (Å²) in [4.78, 5) is 2.34. The molecule has 1 aliphatic rings. The molecule has 1 rings (SSSR count). The quantitative estimate of drug-likeness (QED) is 0.514. The van der Waals surface area contributed by atoms with Crippen LogP contribution >= 0.6 is 35.7 Å². The van der Waals surface area contributed by atoms with Gasteiger partial charge < -0.3 is 4.90 Å². The van der Waals surface area contributed by atoms with E-state index in [1.165, 1.54) is 43.2 Å². The minimum Gasteiger partial charge on any atom is -0.357 e. The van der Waals surface area contributed by atoms with Gasteiger partial charge >= 0.3 is 0 Å². The van der Waals surface area contributed by atoms with Crippen molar-refractivity contribution in [1.82, 2.24) is 4.90 Å². The van der Waals surface area contributed by atoms with Crippen molar-refractivity contribution < 1.29 is 0 Å². The molecule has 1 fully saturated rings. The fourth-order valence-electron chi connectivity index (χ4n) is 1.23. The smallest absolute Gasteiger partial charge is 0.136 e. The van der Waals surface area contributed by atoms with Gasteiger partial charge in [-0.2, -0.15) is 11.8 Å². The summed E-state index contributed by atoms with van der Waals surface area (Å²) in [7, 11) is 0. The molecule has 0 N–H and O–H groups in total. The van der Waals surface area contributed by atoms with E-state index in [0.717, 1.165) is 4.32 Å². The number of hydrogen-bond acceptors (Lipinski definition) is 3. The van der Waals surface area contributed by atoms with Crippen LogP contribution in [0.3, 0.4) is 0 Å². The van der Waals surface area contributed by atoms with Crippen LogP contribution in [-0.2, 0) is 0 Å². The van der Waals surface area contributed by atoms with E-state index >= 15 is 0 Å². The van der Waals surface area contributed by atoms with Gasteiger partial charge in [0.1, 0.15) is 4.32 Å². The monoisotopic (exact) mass is 235 g/mol. The van der Waals surface area contributed by atoms with E-state index in [-0.39, 0.29) is 0 Å². The van der Waals surface area contributed by atoms with Crippen molar-refractivity contribution in [2.75, 3.05) is 30.3 Å². The molecule has 0 amide bonds. The maximum atomic E-state index is 5.22. The summed E-state index contributed by atoms with van der Waals surface area (Å²) in [5, 5.41) is 0. The Labute approximate surface area is 95.0 Å². The lowest BCUT2D eigenvalue weighted by molar-refractivity contribution is 0.468. The molecule has 0 aromatic rings. The highest BCUT2D eigenvalue weighted by Gasteiger charge is 2.15. The Morgan fingerprint density at radius 3 is 3.00 bits per heavy atom. The largest absolute Gasteiger partial charge is 0.357 e. The minimum atomic E-state index is 1.11. The van der Waals surface area contributed by atoms with E-state index in [1.54, 1.807) is 0 Å². The van der Waals surface area contributed by atoms with Crippen LogP contribution in [0.4, 0.5) is 0 Å². The standard InChI is InChI=1S/C9H17NS3/c1-2-6-12-7-3-4-10-5-8-13-9(10)11/h2-8H2,1H3. The number of nitrogens with zero attached hydrogens (tertiary/aromatic N) is 1. The molecule has 1 aliphatic heterocycles. The van der Waals surface area contributed by atoms with Crippen LogP contribution in [0.2, 0.25) is 0 Å². The number of thioether (sulfide) groups is 2. The molecular formula is C9H17NS3. The topological polar surface area (TPSA) is 3.24 Å². The molecule has 4 heteroatoms. The molecule has 0 atom stereocenters. The highest BCUT2D eigenvalue weighted by molar-refractivity contribution is 8.23. The predicted octanol–water partition coefficient (Wildman–Crippen LogP) is 2.85. The summed E-state index contributed by atoms with van der Waals surface area (Å²) in [5.41, 5.74) is 0. The lowest BCUT2D eigenvalue weighted by Crippen LogP contribution is -2.24. The number of thiocarbonyl (C=S) groups is 1. The Kier molecular flexibility index (Phi) is 6.24.